The van der Waals surface area contributed by atoms with Gasteiger partial charge < -0.3 is 4.90 Å². The van der Waals surface area contributed by atoms with Crippen molar-refractivity contribution < 1.29 is 22.3 Å². The Morgan fingerprint density at radius 2 is 1.75 bits per heavy atom. The first-order valence-electron chi connectivity index (χ1n) is 11.9. The van der Waals surface area contributed by atoms with E-state index in [1.54, 1.807) is 12.2 Å². The van der Waals surface area contributed by atoms with Gasteiger partial charge in [0, 0.05) is 41.1 Å². The number of para-hydroxylation sites is 1. The van der Waals surface area contributed by atoms with E-state index in [1.807, 2.05) is 84.7 Å². The SMILES string of the molecule is C[n+]1ccc(/C=C/C2=CC(=C/C=C3/N(CCCS(=O)(=O)O)c4ccccc4C3(C)C)/C=CC2=O)cc1. The Balaban J connectivity index is 1.63. The molecule has 2 aromatic rings. The quantitative estimate of drug-likeness (QED) is 0.445. The summed E-state index contributed by atoms with van der Waals surface area (Å²) in [7, 11) is -2.07. The van der Waals surface area contributed by atoms with Gasteiger partial charge in [-0.15, -0.1) is 0 Å². The van der Waals surface area contributed by atoms with Gasteiger partial charge in [0.25, 0.3) is 10.1 Å². The normalized spacial score (nSPS) is 19.4. The van der Waals surface area contributed by atoms with Crippen molar-refractivity contribution in [1.29, 1.82) is 0 Å². The van der Waals surface area contributed by atoms with Gasteiger partial charge in [-0.1, -0.05) is 56.4 Å². The Kier molecular flexibility index (Phi) is 7.24. The smallest absolute Gasteiger partial charge is 0.264 e. The zero-order valence-corrected chi connectivity index (χ0v) is 21.6. The number of anilines is 1. The molecule has 6 nitrogen and oxygen atoms in total. The van der Waals surface area contributed by atoms with Crippen molar-refractivity contribution in [2.24, 2.45) is 7.05 Å². The number of fused-ring (bicyclic) bond motifs is 1. The summed E-state index contributed by atoms with van der Waals surface area (Å²) in [6.07, 6.45) is 17.2. The summed E-state index contributed by atoms with van der Waals surface area (Å²) in [5.41, 5.74) is 5.43. The maximum absolute atomic E-state index is 12.4. The number of carbonyl (C=O) groups excluding carboxylic acids is 1. The molecule has 0 fully saturated rings. The third-order valence-corrected chi connectivity index (χ3v) is 7.32. The number of hydrogen-bond donors (Lipinski definition) is 1. The highest BCUT2D eigenvalue weighted by atomic mass is 32.2. The van der Waals surface area contributed by atoms with Crippen LogP contribution in [0.15, 0.2) is 102 Å². The van der Waals surface area contributed by atoms with Crippen molar-refractivity contribution in [2.75, 3.05) is 17.2 Å². The number of pyridine rings is 1. The zero-order valence-electron chi connectivity index (χ0n) is 20.8. The molecule has 1 aliphatic heterocycles. The van der Waals surface area contributed by atoms with E-state index in [9.17, 15) is 17.8 Å². The third kappa shape index (κ3) is 5.80. The van der Waals surface area contributed by atoms with Gasteiger partial charge in [0.15, 0.2) is 18.2 Å². The number of allylic oxidation sites excluding steroid dienone is 9. The molecule has 2 aliphatic rings. The summed E-state index contributed by atoms with van der Waals surface area (Å²) in [4.78, 5) is 14.6. The van der Waals surface area contributed by atoms with Gasteiger partial charge in [-0.25, -0.2) is 4.57 Å². The second-order valence-corrected chi connectivity index (χ2v) is 11.2. The molecule has 1 N–H and O–H groups in total. The number of aryl methyl sites for hydroxylation is 1. The molecule has 0 amide bonds. The maximum atomic E-state index is 12.4. The molecule has 0 unspecified atom stereocenters. The van der Waals surface area contributed by atoms with E-state index in [4.69, 9.17) is 0 Å². The number of aromatic nitrogens is 1. The van der Waals surface area contributed by atoms with Gasteiger partial charge >= 0.3 is 0 Å². The van der Waals surface area contributed by atoms with E-state index in [0.717, 1.165) is 28.1 Å². The van der Waals surface area contributed by atoms with E-state index in [2.05, 4.69) is 24.8 Å². The fraction of sp³-hybridized carbons (Fsp3) is 0.241. The highest BCUT2D eigenvalue weighted by Crippen LogP contribution is 2.47. The highest BCUT2D eigenvalue weighted by molar-refractivity contribution is 7.85. The minimum atomic E-state index is -4.02. The summed E-state index contributed by atoms with van der Waals surface area (Å²) in [5.74, 6) is -0.332. The van der Waals surface area contributed by atoms with Crippen LogP contribution >= 0.6 is 0 Å². The second-order valence-electron chi connectivity index (χ2n) is 9.58. The van der Waals surface area contributed by atoms with E-state index in [-0.39, 0.29) is 17.0 Å². The van der Waals surface area contributed by atoms with Crippen LogP contribution in [0.25, 0.3) is 6.08 Å². The number of benzene rings is 1. The van der Waals surface area contributed by atoms with Crippen LogP contribution in [-0.4, -0.2) is 31.1 Å². The summed E-state index contributed by atoms with van der Waals surface area (Å²) in [6.45, 7) is 4.74. The van der Waals surface area contributed by atoms with Gasteiger partial charge in [0.1, 0.15) is 7.05 Å². The van der Waals surface area contributed by atoms with Crippen LogP contribution in [0.1, 0.15) is 31.4 Å². The summed E-state index contributed by atoms with van der Waals surface area (Å²) in [6, 6.07) is 12.1. The lowest BCUT2D eigenvalue weighted by Gasteiger charge is -2.27. The van der Waals surface area contributed by atoms with Crippen LogP contribution in [0, 0.1) is 0 Å². The van der Waals surface area contributed by atoms with Gasteiger partial charge in [0.05, 0.1) is 5.75 Å². The molecule has 1 aromatic carbocycles. The monoisotopic (exact) mass is 503 g/mol. The Labute approximate surface area is 213 Å². The van der Waals surface area contributed by atoms with E-state index in [0.29, 0.717) is 18.5 Å². The number of ketones is 1. The van der Waals surface area contributed by atoms with Gasteiger partial charge in [-0.05, 0) is 47.4 Å². The molecule has 1 aliphatic carbocycles. The molecule has 0 bridgehead atoms. The Bertz CT molecular complexity index is 1430. The largest absolute Gasteiger partial charge is 0.344 e. The molecule has 2 heterocycles. The average molecular weight is 504 g/mol. The number of carbonyl (C=O) groups is 1. The van der Waals surface area contributed by atoms with Gasteiger partial charge in [0.2, 0.25) is 0 Å². The molecule has 1 aromatic heterocycles. The fourth-order valence-electron chi connectivity index (χ4n) is 4.57. The second kappa shape index (κ2) is 10.2. The number of nitrogens with zero attached hydrogens (tertiary/aromatic N) is 2. The number of hydrogen-bond acceptors (Lipinski definition) is 4. The molecule has 36 heavy (non-hydrogen) atoms. The first kappa shape index (κ1) is 25.5. The third-order valence-electron chi connectivity index (χ3n) is 6.51. The van der Waals surface area contributed by atoms with Crippen LogP contribution in [0.5, 0.6) is 0 Å². The lowest BCUT2D eigenvalue weighted by molar-refractivity contribution is -0.671. The minimum absolute atomic E-state index is 0.0435. The van der Waals surface area contributed by atoms with Crippen molar-refractivity contribution >= 4 is 27.7 Å². The molecule has 0 spiro atoms. The molecule has 0 radical (unpaired) electrons. The van der Waals surface area contributed by atoms with Gasteiger partial charge in [-0.2, -0.15) is 8.42 Å². The minimum Gasteiger partial charge on any atom is -0.344 e. The van der Waals surface area contributed by atoms with Crippen molar-refractivity contribution in [3.8, 4) is 0 Å². The molecule has 186 valence electrons. The van der Waals surface area contributed by atoms with E-state index >= 15 is 0 Å². The predicted molar refractivity (Wildman–Crippen MR) is 143 cm³/mol. The molecule has 0 atom stereocenters. The zero-order chi connectivity index (χ0) is 25.9. The summed E-state index contributed by atoms with van der Waals surface area (Å²) in [5, 5.41) is 0. The Morgan fingerprint density at radius 3 is 2.47 bits per heavy atom. The van der Waals surface area contributed by atoms with Crippen molar-refractivity contribution in [1.82, 2.24) is 0 Å². The van der Waals surface area contributed by atoms with Crippen LogP contribution in [-0.2, 0) is 27.4 Å². The maximum Gasteiger partial charge on any atom is 0.264 e. The van der Waals surface area contributed by atoms with Crippen molar-refractivity contribution in [3.05, 3.63) is 113 Å². The Hall–Kier alpha value is -3.55. The van der Waals surface area contributed by atoms with Crippen LogP contribution in [0.4, 0.5) is 5.69 Å². The Morgan fingerprint density at radius 1 is 1.03 bits per heavy atom. The molecule has 4 rings (SSSR count). The lowest BCUT2D eigenvalue weighted by Crippen LogP contribution is -2.28. The molecule has 0 saturated carbocycles. The topological polar surface area (TPSA) is 78.6 Å². The first-order valence-corrected chi connectivity index (χ1v) is 13.5. The fourth-order valence-corrected chi connectivity index (χ4v) is 5.07. The van der Waals surface area contributed by atoms with Crippen LogP contribution < -0.4 is 9.47 Å². The highest BCUT2D eigenvalue weighted by Gasteiger charge is 2.39. The first-order chi connectivity index (χ1) is 17.0. The standard InChI is InChI=1S/C29H30N2O4S/c1-29(2)25-7-4-5-8-26(25)31(17-6-20-36(33,34)35)28(29)14-11-23-10-13-27(32)24(21-23)12-9-22-15-18-30(3)19-16-22/h4-5,7-16,18-19,21H,6,17,20H2,1-3H3/p+1. The van der Waals surface area contributed by atoms with Crippen LogP contribution in [0.3, 0.4) is 0 Å². The molecular weight excluding hydrogens is 472 g/mol. The number of rotatable bonds is 7. The van der Waals surface area contributed by atoms with Crippen molar-refractivity contribution in [2.45, 2.75) is 25.7 Å². The predicted octanol–water partition coefficient (Wildman–Crippen LogP) is 4.48. The van der Waals surface area contributed by atoms with Gasteiger partial charge in [-0.3, -0.25) is 9.35 Å². The van der Waals surface area contributed by atoms with E-state index in [1.165, 1.54) is 0 Å². The van der Waals surface area contributed by atoms with E-state index < -0.39 is 10.1 Å². The van der Waals surface area contributed by atoms with Crippen molar-refractivity contribution in [3.63, 3.8) is 0 Å². The molecular formula is C29H31N2O4S+. The summed E-state index contributed by atoms with van der Waals surface area (Å²) < 4.78 is 33.7. The summed E-state index contributed by atoms with van der Waals surface area (Å²) >= 11 is 0. The average Bonchev–Trinajstić information content (AvgIpc) is 3.04. The molecule has 0 saturated heterocycles. The molecule has 7 heteroatoms. The van der Waals surface area contributed by atoms with Crippen LogP contribution in [0.2, 0.25) is 0 Å². The lowest BCUT2D eigenvalue weighted by atomic mass is 9.83.